The number of hydrogen-bond acceptors (Lipinski definition) is 3. The van der Waals surface area contributed by atoms with Crippen molar-refractivity contribution in [3.05, 3.63) is 261 Å². The number of fused-ring (bicyclic) bond motifs is 7. The molecule has 320 valence electrons. The lowest BCUT2D eigenvalue weighted by Crippen LogP contribution is -2.12. The van der Waals surface area contributed by atoms with Crippen molar-refractivity contribution in [3.63, 3.8) is 0 Å². The number of para-hydroxylation sites is 3. The molecule has 2 heterocycles. The van der Waals surface area contributed by atoms with Gasteiger partial charge in [-0.2, -0.15) is 0 Å². The van der Waals surface area contributed by atoms with E-state index in [1.165, 1.54) is 43.7 Å². The molecule has 0 radical (unpaired) electrons. The number of furan rings is 1. The van der Waals surface area contributed by atoms with Crippen molar-refractivity contribution in [1.29, 1.82) is 0 Å². The lowest BCUT2D eigenvalue weighted by molar-refractivity contribution is 0.669. The molecule has 13 aromatic rings. The Bertz CT molecular complexity index is 3960. The third kappa shape index (κ3) is 6.86. The van der Waals surface area contributed by atoms with E-state index in [9.17, 15) is 0 Å². The summed E-state index contributed by atoms with van der Waals surface area (Å²) in [5, 5.41) is 7.15. The van der Waals surface area contributed by atoms with Crippen LogP contribution in [0, 0.1) is 0 Å². The smallest absolute Gasteiger partial charge is 0.135 e. The van der Waals surface area contributed by atoms with Gasteiger partial charge in [0.15, 0.2) is 0 Å². The molecule has 0 amide bonds. The molecule has 0 spiro atoms. The molecule has 4 heteroatoms. The Labute approximate surface area is 394 Å². The highest BCUT2D eigenvalue weighted by Gasteiger charge is 2.19. The summed E-state index contributed by atoms with van der Waals surface area (Å²) in [6, 6.07) is 93.7. The van der Waals surface area contributed by atoms with Crippen molar-refractivity contribution in [3.8, 4) is 27.9 Å². The van der Waals surface area contributed by atoms with E-state index >= 15 is 0 Å². The number of nitrogens with zero attached hydrogens (tertiary/aromatic N) is 3. The first kappa shape index (κ1) is 39.3. The summed E-state index contributed by atoms with van der Waals surface area (Å²) in [5.41, 5.74) is 16.3. The molecular weight excluding hydrogens is 827 g/mol. The van der Waals surface area contributed by atoms with Crippen molar-refractivity contribution >= 4 is 88.6 Å². The summed E-state index contributed by atoms with van der Waals surface area (Å²) in [6.07, 6.45) is 0. The number of anilines is 6. The maximum atomic E-state index is 6.27. The quantitative estimate of drug-likeness (QED) is 0.144. The Kier molecular flexibility index (Phi) is 9.47. The topological polar surface area (TPSA) is 24.6 Å². The zero-order chi connectivity index (χ0) is 45.0. The Hall–Kier alpha value is -9.12. The predicted molar refractivity (Wildman–Crippen MR) is 286 cm³/mol. The van der Waals surface area contributed by atoms with Gasteiger partial charge in [-0.05, 0) is 142 Å². The highest BCUT2D eigenvalue weighted by Crippen LogP contribution is 2.43. The van der Waals surface area contributed by atoms with E-state index in [0.717, 1.165) is 72.9 Å². The van der Waals surface area contributed by atoms with Crippen LogP contribution < -0.4 is 9.80 Å². The lowest BCUT2D eigenvalue weighted by Gasteiger charge is -2.28. The zero-order valence-electron chi connectivity index (χ0n) is 37.1. The van der Waals surface area contributed by atoms with Gasteiger partial charge in [-0.1, -0.05) is 152 Å². The predicted octanol–water partition coefficient (Wildman–Crippen LogP) is 18.1. The molecule has 0 saturated heterocycles. The van der Waals surface area contributed by atoms with Gasteiger partial charge in [0.1, 0.15) is 11.2 Å². The maximum Gasteiger partial charge on any atom is 0.135 e. The van der Waals surface area contributed by atoms with Gasteiger partial charge in [-0.3, -0.25) is 0 Å². The molecule has 0 atom stereocenters. The average Bonchev–Trinajstić information content (AvgIpc) is 3.95. The van der Waals surface area contributed by atoms with Gasteiger partial charge in [-0.15, -0.1) is 0 Å². The fourth-order valence-corrected chi connectivity index (χ4v) is 10.1. The first-order chi connectivity index (χ1) is 33.7. The van der Waals surface area contributed by atoms with Crippen LogP contribution in [-0.2, 0) is 0 Å². The van der Waals surface area contributed by atoms with Gasteiger partial charge in [0.2, 0.25) is 0 Å². The van der Waals surface area contributed by atoms with E-state index in [2.05, 4.69) is 263 Å². The largest absolute Gasteiger partial charge is 0.456 e. The molecule has 2 aromatic heterocycles. The van der Waals surface area contributed by atoms with Gasteiger partial charge in [0.05, 0.1) is 11.0 Å². The Morgan fingerprint density at radius 1 is 0.265 bits per heavy atom. The van der Waals surface area contributed by atoms with Gasteiger partial charge >= 0.3 is 0 Å². The molecule has 0 unspecified atom stereocenters. The summed E-state index contributed by atoms with van der Waals surface area (Å²) in [6.45, 7) is 0. The van der Waals surface area contributed by atoms with E-state index in [4.69, 9.17) is 4.42 Å². The first-order valence-corrected chi connectivity index (χ1v) is 23.2. The standard InChI is InChI=1S/C64H43N3O/c1-3-14-44(15-4-1)48-18-13-21-54(40-48)66(56-37-39-64-60(43-56)59-23-10-12-25-63(59)68-64)53-35-33-52(34-36-53)65(50-19-5-2-6-20-50)51-30-26-46(27-31-51)49-29-38-58-57-22-9-11-24-61(57)67(62(58)42-49)55-32-28-45-16-7-8-17-47(45)41-55/h1-43H. The van der Waals surface area contributed by atoms with Crippen LogP contribution in [0.4, 0.5) is 34.1 Å². The molecule has 4 nitrogen and oxygen atoms in total. The molecule has 0 fully saturated rings. The molecule has 0 aliphatic carbocycles. The summed E-state index contributed by atoms with van der Waals surface area (Å²) < 4.78 is 8.68. The van der Waals surface area contributed by atoms with Gasteiger partial charge in [-0.25, -0.2) is 0 Å². The van der Waals surface area contributed by atoms with E-state index in [1.807, 2.05) is 12.1 Å². The van der Waals surface area contributed by atoms with Crippen LogP contribution in [0.5, 0.6) is 0 Å². The van der Waals surface area contributed by atoms with Crippen LogP contribution in [0.3, 0.4) is 0 Å². The minimum Gasteiger partial charge on any atom is -0.456 e. The highest BCUT2D eigenvalue weighted by molar-refractivity contribution is 6.11. The molecule has 68 heavy (non-hydrogen) atoms. The van der Waals surface area contributed by atoms with E-state index in [1.54, 1.807) is 0 Å². The lowest BCUT2D eigenvalue weighted by atomic mass is 10.0. The molecular formula is C64H43N3O. The zero-order valence-corrected chi connectivity index (χ0v) is 37.1. The minimum atomic E-state index is 0.873. The number of benzene rings is 11. The molecule has 11 aromatic carbocycles. The fraction of sp³-hybridized carbons (Fsp3) is 0. The van der Waals surface area contributed by atoms with Crippen LogP contribution in [0.15, 0.2) is 265 Å². The van der Waals surface area contributed by atoms with Crippen LogP contribution in [0.1, 0.15) is 0 Å². The van der Waals surface area contributed by atoms with Crippen molar-refractivity contribution in [1.82, 2.24) is 4.57 Å². The van der Waals surface area contributed by atoms with Crippen LogP contribution in [0.2, 0.25) is 0 Å². The van der Waals surface area contributed by atoms with Gasteiger partial charge in [0.25, 0.3) is 0 Å². The number of aromatic nitrogens is 1. The second kappa shape index (κ2) is 16.4. The van der Waals surface area contributed by atoms with Crippen molar-refractivity contribution in [2.75, 3.05) is 9.80 Å². The maximum absolute atomic E-state index is 6.27. The Balaban J connectivity index is 0.884. The van der Waals surface area contributed by atoms with Crippen molar-refractivity contribution in [2.45, 2.75) is 0 Å². The molecule has 0 bridgehead atoms. The van der Waals surface area contributed by atoms with Crippen LogP contribution >= 0.6 is 0 Å². The molecule has 0 aliphatic heterocycles. The Morgan fingerprint density at radius 3 is 1.57 bits per heavy atom. The minimum absolute atomic E-state index is 0.873. The third-order valence-electron chi connectivity index (χ3n) is 13.3. The summed E-state index contributed by atoms with van der Waals surface area (Å²) in [4.78, 5) is 4.67. The van der Waals surface area contributed by atoms with Gasteiger partial charge in [0, 0.05) is 61.4 Å². The average molecular weight is 870 g/mol. The first-order valence-electron chi connectivity index (χ1n) is 23.2. The van der Waals surface area contributed by atoms with Crippen LogP contribution in [0.25, 0.3) is 82.5 Å². The monoisotopic (exact) mass is 869 g/mol. The van der Waals surface area contributed by atoms with Crippen molar-refractivity contribution < 1.29 is 4.42 Å². The van der Waals surface area contributed by atoms with E-state index in [-0.39, 0.29) is 0 Å². The molecule has 0 saturated carbocycles. The van der Waals surface area contributed by atoms with Gasteiger partial charge < -0.3 is 18.8 Å². The van der Waals surface area contributed by atoms with E-state index < -0.39 is 0 Å². The number of rotatable bonds is 9. The fourth-order valence-electron chi connectivity index (χ4n) is 10.1. The highest BCUT2D eigenvalue weighted by atomic mass is 16.3. The molecule has 0 aliphatic rings. The normalized spacial score (nSPS) is 11.5. The van der Waals surface area contributed by atoms with Crippen molar-refractivity contribution in [2.24, 2.45) is 0 Å². The Morgan fingerprint density at radius 2 is 0.779 bits per heavy atom. The molecule has 0 N–H and O–H groups in total. The SMILES string of the molecule is c1ccc(-c2cccc(N(c3ccc(N(c4ccccc4)c4ccc(-c5ccc6c7ccccc7n(-c7ccc8ccccc8c7)c6c5)cc4)cc3)c3ccc4oc5ccccc5c4c3)c2)cc1. The second-order valence-electron chi connectivity index (χ2n) is 17.4. The summed E-state index contributed by atoms with van der Waals surface area (Å²) in [5.74, 6) is 0. The summed E-state index contributed by atoms with van der Waals surface area (Å²) >= 11 is 0. The third-order valence-corrected chi connectivity index (χ3v) is 13.3. The van der Waals surface area contributed by atoms with E-state index in [0.29, 0.717) is 0 Å². The summed E-state index contributed by atoms with van der Waals surface area (Å²) in [7, 11) is 0. The second-order valence-corrected chi connectivity index (χ2v) is 17.4. The van der Waals surface area contributed by atoms with Crippen LogP contribution in [-0.4, -0.2) is 4.57 Å². The number of hydrogen-bond donors (Lipinski definition) is 0. The molecule has 13 rings (SSSR count).